The number of alkyl carbamates (subject to hydrolysis) is 1. The van der Waals surface area contributed by atoms with Gasteiger partial charge in [0.25, 0.3) is 0 Å². The van der Waals surface area contributed by atoms with Gasteiger partial charge in [0.15, 0.2) is 17.3 Å². The van der Waals surface area contributed by atoms with Crippen LogP contribution in [0.1, 0.15) is 46.1 Å². The van der Waals surface area contributed by atoms with Crippen LogP contribution >= 0.6 is 0 Å². The number of nitrogens with zero attached hydrogens (tertiary/aromatic N) is 2. The number of carboxylic acid groups (broad SMARTS) is 1. The number of rotatable bonds is 6. The van der Waals surface area contributed by atoms with Gasteiger partial charge in [-0.1, -0.05) is 0 Å². The molecule has 3 fully saturated rings. The number of amides is 1. The van der Waals surface area contributed by atoms with Gasteiger partial charge in [-0.05, 0) is 40.0 Å². The summed E-state index contributed by atoms with van der Waals surface area (Å²) in [5.74, 6) is -1.23. The zero-order valence-corrected chi connectivity index (χ0v) is 22.3. The van der Waals surface area contributed by atoms with Crippen LogP contribution in [0.3, 0.4) is 0 Å². The van der Waals surface area contributed by atoms with Crippen LogP contribution in [0.15, 0.2) is 11.0 Å². The molecule has 1 saturated carbocycles. The molecule has 2 atom stereocenters. The first kappa shape index (κ1) is 26.9. The van der Waals surface area contributed by atoms with E-state index in [1.54, 1.807) is 30.2 Å². The number of hydrogen-bond donors (Lipinski definition) is 3. The molecule has 0 radical (unpaired) electrons. The van der Waals surface area contributed by atoms with Crippen LogP contribution in [0.4, 0.5) is 25.4 Å². The van der Waals surface area contributed by atoms with Crippen molar-refractivity contribution in [1.29, 1.82) is 0 Å². The second kappa shape index (κ2) is 9.47. The number of aromatic nitrogens is 1. The van der Waals surface area contributed by atoms with E-state index < -0.39 is 46.1 Å². The van der Waals surface area contributed by atoms with E-state index in [0.717, 1.165) is 12.8 Å². The molecule has 0 spiro atoms. The second-order valence-electron chi connectivity index (χ2n) is 11.3. The van der Waals surface area contributed by atoms with Gasteiger partial charge >= 0.3 is 12.2 Å². The third-order valence-corrected chi connectivity index (χ3v) is 7.43. The van der Waals surface area contributed by atoms with Crippen molar-refractivity contribution in [3.63, 3.8) is 0 Å². The first-order chi connectivity index (χ1) is 18.3. The Hall–Kier alpha value is -3.74. The summed E-state index contributed by atoms with van der Waals surface area (Å²) in [5, 5.41) is 11.7. The molecule has 4 N–H and O–H groups in total. The van der Waals surface area contributed by atoms with Gasteiger partial charge < -0.3 is 44.6 Å². The van der Waals surface area contributed by atoms with Crippen LogP contribution in [0.25, 0.3) is 10.9 Å². The van der Waals surface area contributed by atoms with E-state index >= 15 is 4.39 Å². The minimum atomic E-state index is -1.66. The highest BCUT2D eigenvalue weighted by Gasteiger charge is 2.52. The van der Waals surface area contributed by atoms with Crippen LogP contribution < -0.4 is 30.9 Å². The lowest BCUT2D eigenvalue weighted by Gasteiger charge is -2.30. The van der Waals surface area contributed by atoms with Crippen molar-refractivity contribution in [3.05, 3.63) is 22.2 Å². The number of anilines is 2. The van der Waals surface area contributed by atoms with Gasteiger partial charge in [0.05, 0.1) is 36.4 Å². The average molecular weight is 549 g/mol. The Balaban J connectivity index is 1.57. The van der Waals surface area contributed by atoms with Gasteiger partial charge in [-0.15, -0.1) is 0 Å². The summed E-state index contributed by atoms with van der Waals surface area (Å²) >= 11 is 0. The maximum absolute atomic E-state index is 16.1. The van der Waals surface area contributed by atoms with Gasteiger partial charge in [-0.3, -0.25) is 4.79 Å². The fourth-order valence-electron chi connectivity index (χ4n) is 5.65. The highest BCUT2D eigenvalue weighted by molar-refractivity contribution is 6.01. The molecule has 1 aromatic heterocycles. The largest absolute Gasteiger partial charge is 0.511 e. The van der Waals surface area contributed by atoms with Gasteiger partial charge in [0, 0.05) is 31.7 Å². The first-order valence-electron chi connectivity index (χ1n) is 12.9. The Morgan fingerprint density at radius 3 is 2.64 bits per heavy atom. The molecule has 13 heteroatoms. The molecule has 0 bridgehead atoms. The number of nitrogens with one attached hydrogen (secondary N) is 1. The Labute approximate surface area is 223 Å². The Bertz CT molecular complexity index is 1400. The minimum Gasteiger partial charge on any atom is -0.492 e. The number of hydrogen-bond acceptors (Lipinski definition) is 9. The summed E-state index contributed by atoms with van der Waals surface area (Å²) in [6, 6.07) is -0.0541. The molecule has 2 aromatic rings. The quantitative estimate of drug-likeness (QED) is 0.362. The molecule has 12 nitrogen and oxygen atoms in total. The van der Waals surface area contributed by atoms with Crippen molar-refractivity contribution in [3.8, 4) is 11.5 Å². The second-order valence-corrected chi connectivity index (χ2v) is 11.3. The molecule has 1 aliphatic carbocycles. The molecule has 2 saturated heterocycles. The highest BCUT2D eigenvalue weighted by Crippen LogP contribution is 2.49. The van der Waals surface area contributed by atoms with Crippen molar-refractivity contribution in [2.75, 3.05) is 44.0 Å². The lowest BCUT2D eigenvalue weighted by molar-refractivity contribution is -0.000282. The van der Waals surface area contributed by atoms with Gasteiger partial charge in [0.2, 0.25) is 5.43 Å². The van der Waals surface area contributed by atoms with Crippen LogP contribution in [0.5, 0.6) is 11.5 Å². The van der Waals surface area contributed by atoms with Gasteiger partial charge in [0.1, 0.15) is 16.9 Å². The van der Waals surface area contributed by atoms with Crippen molar-refractivity contribution >= 4 is 34.5 Å². The summed E-state index contributed by atoms with van der Waals surface area (Å²) < 4.78 is 39.7. The van der Waals surface area contributed by atoms with Crippen LogP contribution in [-0.4, -0.2) is 66.5 Å². The van der Waals surface area contributed by atoms with E-state index in [2.05, 4.69) is 5.32 Å². The average Bonchev–Trinajstić information content (AvgIpc) is 3.52. The Kier molecular flexibility index (Phi) is 6.52. The van der Waals surface area contributed by atoms with Crippen molar-refractivity contribution in [2.24, 2.45) is 5.92 Å². The molecule has 3 aliphatic rings. The van der Waals surface area contributed by atoms with E-state index in [0.29, 0.717) is 19.6 Å². The van der Waals surface area contributed by atoms with Crippen LogP contribution in [0, 0.1) is 11.7 Å². The normalized spacial score (nSPS) is 22.6. The lowest BCUT2D eigenvalue weighted by atomic mass is 9.91. The summed E-state index contributed by atoms with van der Waals surface area (Å²) in [6.45, 7) is 6.62. The molecular weight excluding hydrogens is 515 g/mol. The predicted octanol–water partition coefficient (Wildman–Crippen LogP) is 3.24. The Morgan fingerprint density at radius 2 is 2.03 bits per heavy atom. The number of nitrogens with two attached hydrogens (primary N) is 1. The molecular formula is C26H33FN4O8. The predicted molar refractivity (Wildman–Crippen MR) is 139 cm³/mol. The topological polar surface area (TPSA) is 155 Å². The molecule has 5 rings (SSSR count). The van der Waals surface area contributed by atoms with E-state index in [1.165, 1.54) is 13.3 Å². The lowest BCUT2D eigenvalue weighted by Crippen LogP contribution is -2.49. The molecule has 2 unspecified atom stereocenters. The third-order valence-electron chi connectivity index (χ3n) is 7.43. The number of benzene rings is 1. The fraction of sp³-hybridized carbons (Fsp3) is 0.577. The number of halogens is 1. The van der Waals surface area contributed by atoms with Gasteiger partial charge in [-0.25, -0.2) is 14.0 Å². The number of carbonyl (C=O) groups is 2. The van der Waals surface area contributed by atoms with Crippen molar-refractivity contribution in [2.45, 2.75) is 57.3 Å². The molecule has 39 heavy (non-hydrogen) atoms. The van der Waals surface area contributed by atoms with Crippen LogP contribution in [0.2, 0.25) is 0 Å². The summed E-state index contributed by atoms with van der Waals surface area (Å²) in [5.41, 5.74) is 3.87. The smallest absolute Gasteiger partial charge is 0.492 e. The van der Waals surface area contributed by atoms with E-state index in [9.17, 15) is 14.4 Å². The van der Waals surface area contributed by atoms with E-state index in [4.69, 9.17) is 29.8 Å². The summed E-state index contributed by atoms with van der Waals surface area (Å²) in [7, 11) is 1.38. The first-order valence-corrected chi connectivity index (χ1v) is 12.9. The van der Waals surface area contributed by atoms with Crippen LogP contribution in [-0.2, 0) is 9.47 Å². The number of methoxy groups -OCH3 is 1. The monoisotopic (exact) mass is 548 g/mol. The van der Waals surface area contributed by atoms with E-state index in [-0.39, 0.29) is 47.4 Å². The number of pyridine rings is 1. The maximum Gasteiger partial charge on any atom is 0.511 e. The summed E-state index contributed by atoms with van der Waals surface area (Å²) in [6.07, 6.45) is 1.34. The standard InChI is InChI=1S/C26H33FN4O8/c1-25(2,3)39-23(33)29-11-26-12-30(9-13(26)7-8-37-26)20-17(27)18(28)16-19(22(20)36-4)31(14-5-6-14)10-15(21(16)32)38-24(34)35/h10,13-14H,5-9,11-12,28H2,1-4H3,(H,29,33)(H,34,35). The molecule has 2 aliphatic heterocycles. The zero-order valence-electron chi connectivity index (χ0n) is 22.3. The third kappa shape index (κ3) is 4.79. The molecule has 212 valence electrons. The number of ether oxygens (including phenoxy) is 4. The summed E-state index contributed by atoms with van der Waals surface area (Å²) in [4.78, 5) is 38.5. The number of nitrogen functional groups attached to an aromatic ring is 1. The number of fused-ring (bicyclic) bond motifs is 2. The highest BCUT2D eigenvalue weighted by atomic mass is 19.1. The fourth-order valence-corrected chi connectivity index (χ4v) is 5.65. The van der Waals surface area contributed by atoms with Gasteiger partial charge in [-0.2, -0.15) is 0 Å². The Morgan fingerprint density at radius 1 is 1.31 bits per heavy atom. The maximum atomic E-state index is 16.1. The minimum absolute atomic E-state index is 0.0227. The molecule has 1 aromatic carbocycles. The SMILES string of the molecule is COc1c(N2CC3CCOC3(CNC(=O)OC(C)(C)C)C2)c(F)c(N)c2c(=O)c(OC(=O)O)cn(C3CC3)c12. The van der Waals surface area contributed by atoms with Crippen molar-refractivity contribution < 1.29 is 38.0 Å². The molecule has 3 heterocycles. The zero-order chi connectivity index (χ0) is 28.3. The number of carbonyl (C=O) groups excluding carboxylic acids is 1. The van der Waals surface area contributed by atoms with E-state index in [1.807, 2.05) is 0 Å². The van der Waals surface area contributed by atoms with Crippen molar-refractivity contribution in [1.82, 2.24) is 9.88 Å². The molecule has 1 amide bonds.